The number of hydrogen-bond donors (Lipinski definition) is 0. The Morgan fingerprint density at radius 3 is 2.42 bits per heavy atom. The van der Waals surface area contributed by atoms with Crippen molar-refractivity contribution < 1.29 is 4.48 Å². The molecule has 0 saturated heterocycles. The molecule has 1 aromatic carbocycles. The van der Waals surface area contributed by atoms with Crippen LogP contribution in [0, 0.1) is 0 Å². The summed E-state index contributed by atoms with van der Waals surface area (Å²) in [5.41, 5.74) is 1.58. The predicted octanol–water partition coefficient (Wildman–Crippen LogP) is 2.28. The lowest BCUT2D eigenvalue weighted by Crippen LogP contribution is -1.82. The third kappa shape index (κ3) is 1.21. The van der Waals surface area contributed by atoms with Gasteiger partial charge in [0.1, 0.15) is 0 Å². The molecule has 0 fully saturated rings. The highest BCUT2D eigenvalue weighted by atomic mass is 19.2. The van der Waals surface area contributed by atoms with Crippen LogP contribution in [0.4, 0.5) is 4.48 Å². The van der Waals surface area contributed by atoms with Gasteiger partial charge in [0.25, 0.3) is 0 Å². The minimum absolute atomic E-state index is 0.308. The normalized spacial score (nSPS) is 10.1. The van der Waals surface area contributed by atoms with E-state index in [-0.39, 0.29) is 0 Å². The average molecular weight is 162 g/mol. The quantitative estimate of drug-likeness (QED) is 0.629. The molecule has 0 bridgehead atoms. The van der Waals surface area contributed by atoms with Gasteiger partial charge in [0.15, 0.2) is 0 Å². The van der Waals surface area contributed by atoms with Crippen LogP contribution in [0.1, 0.15) is 0 Å². The van der Waals surface area contributed by atoms with Gasteiger partial charge in [-0.05, 0) is 6.07 Å². The summed E-state index contributed by atoms with van der Waals surface area (Å²) in [5.74, 6) is 0. The van der Waals surface area contributed by atoms with E-state index in [1.165, 1.54) is 6.20 Å². The molecular weight excluding hydrogens is 155 g/mol. The molecule has 0 aliphatic rings. The third-order valence-corrected chi connectivity index (χ3v) is 1.63. The number of halogens is 1. The van der Waals surface area contributed by atoms with Crippen LogP contribution in [-0.2, 0) is 0 Å². The van der Waals surface area contributed by atoms with Crippen LogP contribution in [0.15, 0.2) is 42.6 Å². The summed E-state index contributed by atoms with van der Waals surface area (Å²) in [6, 6.07) is 11.1. The Labute approximate surface area is 69.2 Å². The zero-order valence-corrected chi connectivity index (χ0v) is 6.31. The molecule has 1 aromatic heterocycles. The van der Waals surface area contributed by atoms with Gasteiger partial charge in [-0.2, -0.15) is 0 Å². The van der Waals surface area contributed by atoms with Crippen molar-refractivity contribution in [1.82, 2.24) is 10.0 Å². The van der Waals surface area contributed by atoms with Gasteiger partial charge in [-0.1, -0.05) is 34.8 Å². The first-order chi connectivity index (χ1) is 5.86. The van der Waals surface area contributed by atoms with Gasteiger partial charge in [0.05, 0.1) is 11.9 Å². The third-order valence-electron chi connectivity index (χ3n) is 1.63. The fourth-order valence-electron chi connectivity index (χ4n) is 1.06. The second kappa shape index (κ2) is 2.77. The molecule has 0 amide bonds. The van der Waals surface area contributed by atoms with E-state index in [4.69, 9.17) is 0 Å². The summed E-state index contributed by atoms with van der Waals surface area (Å²) in [5, 5.41) is 3.63. The Morgan fingerprint density at radius 1 is 1.08 bits per heavy atom. The van der Waals surface area contributed by atoms with E-state index in [2.05, 4.69) is 5.10 Å². The Bertz CT molecular complexity index is 367. The fourth-order valence-corrected chi connectivity index (χ4v) is 1.06. The van der Waals surface area contributed by atoms with Gasteiger partial charge in [0.2, 0.25) is 0 Å². The largest absolute Gasteiger partial charge is 0.142 e. The predicted molar refractivity (Wildman–Crippen MR) is 44.2 cm³/mol. The number of rotatable bonds is 1. The molecule has 0 aliphatic heterocycles. The van der Waals surface area contributed by atoms with Gasteiger partial charge in [-0.3, -0.25) is 0 Å². The molecule has 3 heteroatoms. The van der Waals surface area contributed by atoms with Crippen LogP contribution in [0.25, 0.3) is 11.3 Å². The lowest BCUT2D eigenvalue weighted by molar-refractivity contribution is 0.317. The molecule has 0 unspecified atom stereocenters. The summed E-state index contributed by atoms with van der Waals surface area (Å²) in [6.07, 6.45) is 1.28. The van der Waals surface area contributed by atoms with Crippen molar-refractivity contribution in [3.8, 4) is 11.3 Å². The number of benzene rings is 1. The van der Waals surface area contributed by atoms with Crippen molar-refractivity contribution in [2.24, 2.45) is 0 Å². The second-order valence-corrected chi connectivity index (χ2v) is 2.46. The molecule has 0 radical (unpaired) electrons. The Kier molecular flexibility index (Phi) is 1.63. The Morgan fingerprint density at radius 2 is 1.83 bits per heavy atom. The van der Waals surface area contributed by atoms with Crippen molar-refractivity contribution in [3.05, 3.63) is 42.6 Å². The molecular formula is C9H7FN2. The lowest BCUT2D eigenvalue weighted by Gasteiger charge is -1.92. The first-order valence-corrected chi connectivity index (χ1v) is 3.63. The van der Waals surface area contributed by atoms with E-state index in [0.29, 0.717) is 10.6 Å². The molecule has 60 valence electrons. The van der Waals surface area contributed by atoms with Gasteiger partial charge in [0, 0.05) is 5.56 Å². The van der Waals surface area contributed by atoms with Crippen LogP contribution in [-0.4, -0.2) is 10.0 Å². The van der Waals surface area contributed by atoms with Gasteiger partial charge in [-0.15, -0.1) is 10.0 Å². The van der Waals surface area contributed by atoms with Gasteiger partial charge < -0.3 is 0 Å². The van der Waals surface area contributed by atoms with E-state index in [1.54, 1.807) is 6.07 Å². The molecule has 2 aromatic rings. The summed E-state index contributed by atoms with van der Waals surface area (Å²) in [4.78, 5) is 0.308. The monoisotopic (exact) mass is 162 g/mol. The SMILES string of the molecule is Fn1ccc(-c2ccccc2)n1. The molecule has 0 atom stereocenters. The molecule has 0 N–H and O–H groups in total. The molecule has 0 aliphatic carbocycles. The van der Waals surface area contributed by atoms with Crippen molar-refractivity contribution in [1.29, 1.82) is 0 Å². The molecule has 1 heterocycles. The summed E-state index contributed by atoms with van der Waals surface area (Å²) >= 11 is 0. The fraction of sp³-hybridized carbons (Fsp3) is 0. The van der Waals surface area contributed by atoms with Crippen LogP contribution in [0.5, 0.6) is 0 Å². The standard InChI is InChI=1S/C9H7FN2/c10-12-7-6-9(11-12)8-4-2-1-3-5-8/h1-7H. The zero-order valence-electron chi connectivity index (χ0n) is 6.31. The van der Waals surface area contributed by atoms with Gasteiger partial charge in [-0.25, -0.2) is 0 Å². The average Bonchev–Trinajstić information content (AvgIpc) is 2.54. The minimum Gasteiger partial charge on any atom is -0.142 e. The highest BCUT2D eigenvalue weighted by Gasteiger charge is 1.99. The van der Waals surface area contributed by atoms with Crippen molar-refractivity contribution in [2.75, 3.05) is 0 Å². The van der Waals surface area contributed by atoms with E-state index in [1.807, 2.05) is 30.3 Å². The van der Waals surface area contributed by atoms with Crippen molar-refractivity contribution in [2.45, 2.75) is 0 Å². The molecule has 0 spiro atoms. The van der Waals surface area contributed by atoms with Crippen LogP contribution in [0.3, 0.4) is 0 Å². The van der Waals surface area contributed by atoms with E-state index >= 15 is 0 Å². The maximum atomic E-state index is 12.4. The second-order valence-electron chi connectivity index (χ2n) is 2.46. The Balaban J connectivity index is 2.45. The minimum atomic E-state index is 0.308. The highest BCUT2D eigenvalue weighted by molar-refractivity contribution is 5.57. The van der Waals surface area contributed by atoms with Crippen LogP contribution < -0.4 is 0 Å². The molecule has 2 rings (SSSR count). The lowest BCUT2D eigenvalue weighted by atomic mass is 10.2. The zero-order chi connectivity index (χ0) is 8.39. The van der Waals surface area contributed by atoms with Crippen molar-refractivity contribution >= 4 is 0 Å². The number of aromatic nitrogens is 2. The Hall–Kier alpha value is -1.64. The first-order valence-electron chi connectivity index (χ1n) is 3.63. The van der Waals surface area contributed by atoms with E-state index < -0.39 is 0 Å². The number of nitrogens with zero attached hydrogens (tertiary/aromatic N) is 2. The summed E-state index contributed by atoms with van der Waals surface area (Å²) in [7, 11) is 0. The summed E-state index contributed by atoms with van der Waals surface area (Å²) in [6.45, 7) is 0. The maximum Gasteiger partial charge on any atom is 0.0952 e. The molecule has 12 heavy (non-hydrogen) atoms. The van der Waals surface area contributed by atoms with Crippen LogP contribution in [0.2, 0.25) is 0 Å². The van der Waals surface area contributed by atoms with Crippen LogP contribution >= 0.6 is 0 Å². The van der Waals surface area contributed by atoms with E-state index in [9.17, 15) is 4.48 Å². The molecule has 2 nitrogen and oxygen atoms in total. The van der Waals surface area contributed by atoms with Gasteiger partial charge >= 0.3 is 0 Å². The molecule has 0 saturated carbocycles. The first kappa shape index (κ1) is 7.03. The topological polar surface area (TPSA) is 17.8 Å². The maximum absolute atomic E-state index is 12.4. The van der Waals surface area contributed by atoms with E-state index in [0.717, 1.165) is 5.56 Å². The summed E-state index contributed by atoms with van der Waals surface area (Å²) < 4.78 is 12.4. The number of hydrogen-bond acceptors (Lipinski definition) is 1. The smallest absolute Gasteiger partial charge is 0.0952 e. The highest BCUT2D eigenvalue weighted by Crippen LogP contribution is 2.15. The van der Waals surface area contributed by atoms with Crippen molar-refractivity contribution in [3.63, 3.8) is 0 Å².